The van der Waals surface area contributed by atoms with Crippen molar-refractivity contribution in [1.82, 2.24) is 19.3 Å². The SMILES string of the molecule is CCn1c([C@H]2OCC[C@H]2C)nn(Cc2nccs2)c1=O. The van der Waals surface area contributed by atoms with E-state index < -0.39 is 0 Å². The molecule has 6 nitrogen and oxygen atoms in total. The third-order valence-electron chi connectivity index (χ3n) is 3.68. The molecule has 0 unspecified atom stereocenters. The van der Waals surface area contributed by atoms with Crippen molar-refractivity contribution < 1.29 is 4.74 Å². The molecule has 1 aliphatic rings. The summed E-state index contributed by atoms with van der Waals surface area (Å²) in [5, 5.41) is 7.29. The van der Waals surface area contributed by atoms with Crippen molar-refractivity contribution >= 4 is 11.3 Å². The average molecular weight is 294 g/mol. The summed E-state index contributed by atoms with van der Waals surface area (Å²) in [4.78, 5) is 16.6. The first-order valence-corrected chi connectivity index (χ1v) is 7.76. The number of aromatic nitrogens is 4. The van der Waals surface area contributed by atoms with Crippen LogP contribution in [-0.4, -0.2) is 25.9 Å². The van der Waals surface area contributed by atoms with E-state index in [0.29, 0.717) is 19.0 Å². The van der Waals surface area contributed by atoms with Gasteiger partial charge in [0.05, 0.1) is 6.54 Å². The molecule has 0 radical (unpaired) electrons. The first kappa shape index (κ1) is 13.5. The van der Waals surface area contributed by atoms with E-state index in [2.05, 4.69) is 17.0 Å². The van der Waals surface area contributed by atoms with E-state index in [4.69, 9.17) is 4.74 Å². The van der Waals surface area contributed by atoms with E-state index in [9.17, 15) is 4.79 Å². The van der Waals surface area contributed by atoms with Gasteiger partial charge in [0.25, 0.3) is 0 Å². The number of ether oxygens (including phenoxy) is 1. The molecule has 0 N–H and O–H groups in total. The molecule has 0 aromatic carbocycles. The fourth-order valence-corrected chi connectivity index (χ4v) is 3.15. The van der Waals surface area contributed by atoms with Crippen LogP contribution in [0, 0.1) is 5.92 Å². The van der Waals surface area contributed by atoms with Gasteiger partial charge in [0.2, 0.25) is 0 Å². The van der Waals surface area contributed by atoms with E-state index in [-0.39, 0.29) is 11.8 Å². The first-order chi connectivity index (χ1) is 9.70. The van der Waals surface area contributed by atoms with E-state index in [1.807, 2.05) is 12.3 Å². The van der Waals surface area contributed by atoms with Crippen LogP contribution in [0.2, 0.25) is 0 Å². The van der Waals surface area contributed by atoms with Gasteiger partial charge in [-0.2, -0.15) is 5.10 Å². The standard InChI is InChI=1S/C13H18N4O2S/c1-3-16-12(11-9(2)4-6-19-11)15-17(13(16)18)8-10-14-5-7-20-10/h5,7,9,11H,3-4,6,8H2,1-2H3/t9-,11+/m1/s1. The fraction of sp³-hybridized carbons (Fsp3) is 0.615. The minimum Gasteiger partial charge on any atom is -0.370 e. The van der Waals surface area contributed by atoms with Gasteiger partial charge < -0.3 is 4.74 Å². The Morgan fingerprint density at radius 2 is 2.40 bits per heavy atom. The van der Waals surface area contributed by atoms with E-state index in [1.165, 1.54) is 16.0 Å². The van der Waals surface area contributed by atoms with Gasteiger partial charge in [-0.15, -0.1) is 11.3 Å². The zero-order valence-corrected chi connectivity index (χ0v) is 12.5. The number of hydrogen-bond donors (Lipinski definition) is 0. The molecule has 1 aliphatic heterocycles. The Morgan fingerprint density at radius 1 is 1.55 bits per heavy atom. The summed E-state index contributed by atoms with van der Waals surface area (Å²) in [7, 11) is 0. The highest BCUT2D eigenvalue weighted by atomic mass is 32.1. The minimum absolute atomic E-state index is 0.0693. The molecule has 2 aromatic rings. The number of rotatable bonds is 4. The summed E-state index contributed by atoms with van der Waals surface area (Å²) >= 11 is 1.53. The van der Waals surface area contributed by atoms with Gasteiger partial charge in [-0.3, -0.25) is 4.57 Å². The van der Waals surface area contributed by atoms with Crippen LogP contribution in [0.25, 0.3) is 0 Å². The Bertz CT molecular complexity index is 631. The van der Waals surface area contributed by atoms with Crippen molar-refractivity contribution in [2.75, 3.05) is 6.61 Å². The lowest BCUT2D eigenvalue weighted by atomic mass is 10.0. The predicted molar refractivity (Wildman–Crippen MR) is 75.9 cm³/mol. The maximum absolute atomic E-state index is 12.4. The summed E-state index contributed by atoms with van der Waals surface area (Å²) in [5.74, 6) is 1.15. The first-order valence-electron chi connectivity index (χ1n) is 6.88. The molecular formula is C13H18N4O2S. The highest BCUT2D eigenvalue weighted by Gasteiger charge is 2.31. The normalized spacial score (nSPS) is 22.5. The van der Waals surface area contributed by atoms with Gasteiger partial charge >= 0.3 is 5.69 Å². The van der Waals surface area contributed by atoms with Crippen molar-refractivity contribution in [3.05, 3.63) is 32.9 Å². The molecule has 3 heterocycles. The van der Waals surface area contributed by atoms with E-state index in [1.54, 1.807) is 10.8 Å². The highest BCUT2D eigenvalue weighted by Crippen LogP contribution is 2.32. The second kappa shape index (κ2) is 5.49. The monoisotopic (exact) mass is 294 g/mol. The maximum Gasteiger partial charge on any atom is 0.346 e. The van der Waals surface area contributed by atoms with Crippen LogP contribution in [-0.2, 0) is 17.8 Å². The van der Waals surface area contributed by atoms with Crippen LogP contribution in [0.15, 0.2) is 16.4 Å². The van der Waals surface area contributed by atoms with Crippen LogP contribution in [0.5, 0.6) is 0 Å². The van der Waals surface area contributed by atoms with Crippen LogP contribution in [0.3, 0.4) is 0 Å². The molecule has 1 fully saturated rings. The smallest absolute Gasteiger partial charge is 0.346 e. The molecule has 2 aromatic heterocycles. The summed E-state index contributed by atoms with van der Waals surface area (Å²) in [6.07, 6.45) is 2.69. The summed E-state index contributed by atoms with van der Waals surface area (Å²) in [6.45, 7) is 5.88. The van der Waals surface area contributed by atoms with Crippen LogP contribution >= 0.6 is 11.3 Å². The van der Waals surface area contributed by atoms with Crippen molar-refractivity contribution in [2.24, 2.45) is 5.92 Å². The van der Waals surface area contributed by atoms with Gasteiger partial charge in [0.15, 0.2) is 5.82 Å². The van der Waals surface area contributed by atoms with Crippen molar-refractivity contribution in [3.8, 4) is 0 Å². The number of thiazole rings is 1. The highest BCUT2D eigenvalue weighted by molar-refractivity contribution is 7.09. The topological polar surface area (TPSA) is 61.9 Å². The van der Waals surface area contributed by atoms with Crippen molar-refractivity contribution in [1.29, 1.82) is 0 Å². The van der Waals surface area contributed by atoms with Crippen molar-refractivity contribution in [2.45, 2.75) is 39.5 Å². The molecule has 3 rings (SSSR count). The molecular weight excluding hydrogens is 276 g/mol. The second-order valence-electron chi connectivity index (χ2n) is 5.03. The number of hydrogen-bond acceptors (Lipinski definition) is 5. The molecule has 0 aliphatic carbocycles. The maximum atomic E-state index is 12.4. The Labute approximate surface area is 121 Å². The predicted octanol–water partition coefficient (Wildman–Crippen LogP) is 1.67. The molecule has 0 amide bonds. The molecule has 108 valence electrons. The molecule has 0 bridgehead atoms. The molecule has 0 saturated carbocycles. The Hall–Kier alpha value is -1.47. The van der Waals surface area contributed by atoms with Crippen molar-refractivity contribution in [3.63, 3.8) is 0 Å². The van der Waals surface area contributed by atoms with Gasteiger partial charge in [-0.1, -0.05) is 6.92 Å². The molecule has 1 saturated heterocycles. The lowest BCUT2D eigenvalue weighted by Crippen LogP contribution is -2.26. The lowest BCUT2D eigenvalue weighted by Gasteiger charge is -2.13. The number of nitrogens with zero attached hydrogens (tertiary/aromatic N) is 4. The van der Waals surface area contributed by atoms with E-state index >= 15 is 0 Å². The lowest BCUT2D eigenvalue weighted by molar-refractivity contribution is 0.0836. The van der Waals surface area contributed by atoms with Gasteiger partial charge in [0, 0.05) is 24.7 Å². The average Bonchev–Trinajstić information content (AvgIpc) is 3.13. The van der Waals surface area contributed by atoms with Crippen LogP contribution in [0.1, 0.15) is 37.2 Å². The Balaban J connectivity index is 1.96. The third-order valence-corrected chi connectivity index (χ3v) is 4.44. The largest absolute Gasteiger partial charge is 0.370 e. The Morgan fingerprint density at radius 3 is 3.00 bits per heavy atom. The molecule has 20 heavy (non-hydrogen) atoms. The van der Waals surface area contributed by atoms with Crippen LogP contribution < -0.4 is 5.69 Å². The molecule has 0 spiro atoms. The minimum atomic E-state index is -0.0830. The van der Waals surface area contributed by atoms with E-state index in [0.717, 1.165) is 23.9 Å². The molecule has 7 heteroatoms. The Kier molecular flexibility index (Phi) is 3.71. The second-order valence-corrected chi connectivity index (χ2v) is 6.00. The summed E-state index contributed by atoms with van der Waals surface area (Å²) < 4.78 is 8.95. The fourth-order valence-electron chi connectivity index (χ4n) is 2.55. The summed E-state index contributed by atoms with van der Waals surface area (Å²) in [5.41, 5.74) is -0.0830. The summed E-state index contributed by atoms with van der Waals surface area (Å²) in [6, 6.07) is 0. The quantitative estimate of drug-likeness (QED) is 0.860. The van der Waals surface area contributed by atoms with Gasteiger partial charge in [-0.05, 0) is 19.3 Å². The van der Waals surface area contributed by atoms with Crippen LogP contribution in [0.4, 0.5) is 0 Å². The van der Waals surface area contributed by atoms with Gasteiger partial charge in [0.1, 0.15) is 11.1 Å². The molecule has 2 atom stereocenters. The zero-order chi connectivity index (χ0) is 14.1. The zero-order valence-electron chi connectivity index (χ0n) is 11.7. The third kappa shape index (κ3) is 2.31. The van der Waals surface area contributed by atoms with Gasteiger partial charge in [-0.25, -0.2) is 14.5 Å².